The maximum absolute atomic E-state index is 11.9. The Hall–Kier alpha value is -2.02. The van der Waals surface area contributed by atoms with Gasteiger partial charge in [-0.1, -0.05) is 25.1 Å². The van der Waals surface area contributed by atoms with E-state index in [2.05, 4.69) is 39.9 Å². The fourth-order valence-electron chi connectivity index (χ4n) is 2.01. The molecule has 2 unspecified atom stereocenters. The van der Waals surface area contributed by atoms with E-state index in [0.717, 1.165) is 5.82 Å². The summed E-state index contributed by atoms with van der Waals surface area (Å²) >= 11 is 1.74. The van der Waals surface area contributed by atoms with Gasteiger partial charge in [0.15, 0.2) is 5.82 Å². The standard InChI is InChI=1S/C15H21N5OS/c1-11(22-13-7-5-4-6-8-13)9-16-15(21)18-12(2)14-19-17-10-20(14)3/h4-8,10-12H,9H2,1-3H3,(H2,16,18,21). The van der Waals surface area contributed by atoms with E-state index in [1.54, 1.807) is 22.7 Å². The second-order valence-electron chi connectivity index (χ2n) is 5.12. The highest BCUT2D eigenvalue weighted by Crippen LogP contribution is 2.21. The van der Waals surface area contributed by atoms with Crippen molar-refractivity contribution in [3.63, 3.8) is 0 Å². The van der Waals surface area contributed by atoms with Crippen LogP contribution in [0.2, 0.25) is 0 Å². The van der Waals surface area contributed by atoms with Crippen LogP contribution >= 0.6 is 11.8 Å². The highest BCUT2D eigenvalue weighted by atomic mass is 32.2. The number of rotatable bonds is 6. The minimum absolute atomic E-state index is 0.190. The normalized spacial score (nSPS) is 13.4. The van der Waals surface area contributed by atoms with E-state index in [9.17, 15) is 4.79 Å². The van der Waals surface area contributed by atoms with E-state index in [0.29, 0.717) is 11.8 Å². The number of aromatic nitrogens is 3. The van der Waals surface area contributed by atoms with Gasteiger partial charge in [-0.3, -0.25) is 0 Å². The zero-order chi connectivity index (χ0) is 15.9. The first-order valence-corrected chi connectivity index (χ1v) is 8.04. The van der Waals surface area contributed by atoms with Crippen LogP contribution in [0.4, 0.5) is 4.79 Å². The molecular weight excluding hydrogens is 298 g/mol. The average molecular weight is 319 g/mol. The highest BCUT2D eigenvalue weighted by Gasteiger charge is 2.14. The molecule has 2 N–H and O–H groups in total. The zero-order valence-corrected chi connectivity index (χ0v) is 13.8. The molecule has 0 aliphatic carbocycles. The van der Waals surface area contributed by atoms with Crippen molar-refractivity contribution in [2.75, 3.05) is 6.54 Å². The first-order chi connectivity index (χ1) is 10.6. The van der Waals surface area contributed by atoms with Crippen LogP contribution < -0.4 is 10.6 Å². The van der Waals surface area contributed by atoms with Gasteiger partial charge in [0.1, 0.15) is 6.33 Å². The van der Waals surface area contributed by atoms with Gasteiger partial charge in [-0.15, -0.1) is 22.0 Å². The Morgan fingerprint density at radius 1 is 1.32 bits per heavy atom. The van der Waals surface area contributed by atoms with Crippen LogP contribution in [0.5, 0.6) is 0 Å². The van der Waals surface area contributed by atoms with Crippen molar-refractivity contribution in [3.8, 4) is 0 Å². The van der Waals surface area contributed by atoms with Gasteiger partial charge in [-0.25, -0.2) is 4.79 Å². The monoisotopic (exact) mass is 319 g/mol. The number of amides is 2. The van der Waals surface area contributed by atoms with Crippen molar-refractivity contribution in [3.05, 3.63) is 42.5 Å². The van der Waals surface area contributed by atoms with Crippen molar-refractivity contribution in [2.45, 2.75) is 30.0 Å². The Labute approximate surface area is 134 Å². The molecule has 0 fully saturated rings. The lowest BCUT2D eigenvalue weighted by atomic mass is 10.3. The molecule has 0 aliphatic heterocycles. The van der Waals surface area contributed by atoms with Gasteiger partial charge < -0.3 is 15.2 Å². The summed E-state index contributed by atoms with van der Waals surface area (Å²) in [4.78, 5) is 13.1. The predicted molar refractivity (Wildman–Crippen MR) is 87.7 cm³/mol. The van der Waals surface area contributed by atoms with E-state index in [1.807, 2.05) is 32.2 Å². The van der Waals surface area contributed by atoms with Gasteiger partial charge in [-0.2, -0.15) is 0 Å². The van der Waals surface area contributed by atoms with Crippen molar-refractivity contribution in [1.82, 2.24) is 25.4 Å². The fraction of sp³-hybridized carbons (Fsp3) is 0.400. The largest absolute Gasteiger partial charge is 0.337 e. The average Bonchev–Trinajstić information content (AvgIpc) is 2.92. The van der Waals surface area contributed by atoms with E-state index in [4.69, 9.17) is 0 Å². The molecule has 118 valence electrons. The van der Waals surface area contributed by atoms with Gasteiger partial charge in [-0.05, 0) is 19.1 Å². The molecule has 6 nitrogen and oxygen atoms in total. The van der Waals surface area contributed by atoms with E-state index < -0.39 is 0 Å². The smallest absolute Gasteiger partial charge is 0.315 e. The molecule has 0 saturated heterocycles. The number of benzene rings is 1. The number of carbonyl (C=O) groups excluding carboxylic acids is 1. The number of hydrogen-bond donors (Lipinski definition) is 2. The lowest BCUT2D eigenvalue weighted by Gasteiger charge is -2.16. The second kappa shape index (κ2) is 7.84. The van der Waals surface area contributed by atoms with Crippen LogP contribution in [0.25, 0.3) is 0 Å². The number of thioether (sulfide) groups is 1. The molecule has 2 rings (SSSR count). The van der Waals surface area contributed by atoms with Crippen molar-refractivity contribution < 1.29 is 4.79 Å². The summed E-state index contributed by atoms with van der Waals surface area (Å²) in [5.41, 5.74) is 0. The third-order valence-corrected chi connectivity index (χ3v) is 4.23. The molecule has 2 amide bonds. The molecule has 1 aromatic carbocycles. The summed E-state index contributed by atoms with van der Waals surface area (Å²) in [5, 5.41) is 13.8. The third-order valence-electron chi connectivity index (χ3n) is 3.11. The van der Waals surface area contributed by atoms with Crippen LogP contribution in [0.3, 0.4) is 0 Å². The Morgan fingerprint density at radius 2 is 2.05 bits per heavy atom. The summed E-state index contributed by atoms with van der Waals surface area (Å²) < 4.78 is 1.79. The Balaban J connectivity index is 1.74. The SMILES string of the molecule is CC(CNC(=O)NC(C)c1nncn1C)Sc1ccccc1. The Bertz CT molecular complexity index is 601. The van der Waals surface area contributed by atoms with E-state index >= 15 is 0 Å². The topological polar surface area (TPSA) is 71.8 Å². The quantitative estimate of drug-likeness (QED) is 0.802. The minimum Gasteiger partial charge on any atom is -0.337 e. The minimum atomic E-state index is -0.198. The molecule has 1 aromatic heterocycles. The number of urea groups is 1. The highest BCUT2D eigenvalue weighted by molar-refractivity contribution is 8.00. The Morgan fingerprint density at radius 3 is 2.68 bits per heavy atom. The second-order valence-corrected chi connectivity index (χ2v) is 6.63. The zero-order valence-electron chi connectivity index (χ0n) is 13.0. The number of nitrogens with zero attached hydrogens (tertiary/aromatic N) is 3. The molecule has 2 atom stereocenters. The van der Waals surface area contributed by atoms with Crippen molar-refractivity contribution >= 4 is 17.8 Å². The molecule has 0 spiro atoms. The van der Waals surface area contributed by atoms with Crippen molar-refractivity contribution in [2.24, 2.45) is 7.05 Å². The summed E-state index contributed by atoms with van der Waals surface area (Å²) in [6.45, 7) is 4.56. The summed E-state index contributed by atoms with van der Waals surface area (Å²) in [7, 11) is 1.85. The van der Waals surface area contributed by atoms with E-state index in [1.165, 1.54) is 4.90 Å². The molecule has 1 heterocycles. The maximum Gasteiger partial charge on any atom is 0.315 e. The lowest BCUT2D eigenvalue weighted by molar-refractivity contribution is 0.237. The first-order valence-electron chi connectivity index (χ1n) is 7.16. The summed E-state index contributed by atoms with van der Waals surface area (Å²) in [6.07, 6.45) is 1.62. The van der Waals surface area contributed by atoms with Crippen LogP contribution in [0.1, 0.15) is 25.7 Å². The summed E-state index contributed by atoms with van der Waals surface area (Å²) in [5.74, 6) is 0.724. The molecular formula is C15H21N5OS. The third kappa shape index (κ3) is 4.77. The fourth-order valence-corrected chi connectivity index (χ4v) is 2.95. The molecule has 0 bridgehead atoms. The molecule has 0 aliphatic rings. The molecule has 0 saturated carbocycles. The molecule has 0 radical (unpaired) electrons. The van der Waals surface area contributed by atoms with Gasteiger partial charge in [0.05, 0.1) is 6.04 Å². The number of nitrogens with one attached hydrogen (secondary N) is 2. The van der Waals surface area contributed by atoms with Gasteiger partial charge >= 0.3 is 6.03 Å². The predicted octanol–water partition coefficient (Wildman–Crippen LogP) is 2.36. The van der Waals surface area contributed by atoms with E-state index in [-0.39, 0.29) is 12.1 Å². The molecule has 22 heavy (non-hydrogen) atoms. The summed E-state index contributed by atoms with van der Waals surface area (Å²) in [6, 6.07) is 9.76. The number of aryl methyl sites for hydroxylation is 1. The number of carbonyl (C=O) groups is 1. The maximum atomic E-state index is 11.9. The van der Waals surface area contributed by atoms with Crippen molar-refractivity contribution in [1.29, 1.82) is 0 Å². The number of hydrogen-bond acceptors (Lipinski definition) is 4. The van der Waals surface area contributed by atoms with Gasteiger partial charge in [0.2, 0.25) is 0 Å². The van der Waals surface area contributed by atoms with Crippen LogP contribution in [-0.2, 0) is 7.05 Å². The van der Waals surface area contributed by atoms with Gasteiger partial charge in [0.25, 0.3) is 0 Å². The Kier molecular flexibility index (Phi) is 5.83. The van der Waals surface area contributed by atoms with Crippen LogP contribution in [0.15, 0.2) is 41.6 Å². The lowest BCUT2D eigenvalue weighted by Crippen LogP contribution is -2.40. The van der Waals surface area contributed by atoms with Crippen LogP contribution in [-0.4, -0.2) is 32.6 Å². The molecule has 2 aromatic rings. The van der Waals surface area contributed by atoms with Crippen LogP contribution in [0, 0.1) is 0 Å². The molecule has 7 heteroatoms. The first kappa shape index (κ1) is 16.4. The van der Waals surface area contributed by atoms with Gasteiger partial charge in [0, 0.05) is 23.7 Å².